The lowest BCUT2D eigenvalue weighted by Gasteiger charge is -2.32. The van der Waals surface area contributed by atoms with E-state index in [0.29, 0.717) is 17.5 Å². The van der Waals surface area contributed by atoms with Crippen molar-refractivity contribution >= 4 is 52.3 Å². The van der Waals surface area contributed by atoms with Crippen LogP contribution in [0.5, 0.6) is 5.75 Å². The van der Waals surface area contributed by atoms with E-state index in [1.807, 2.05) is 18.2 Å². The number of amides is 6. The van der Waals surface area contributed by atoms with E-state index in [-0.39, 0.29) is 37.5 Å². The lowest BCUT2D eigenvalue weighted by Crippen LogP contribution is -2.61. The van der Waals surface area contributed by atoms with Crippen LogP contribution >= 0.6 is 0 Å². The number of H-pyrrole nitrogens is 1. The van der Waals surface area contributed by atoms with Crippen LogP contribution < -0.4 is 32.3 Å². The van der Waals surface area contributed by atoms with Crippen molar-refractivity contribution in [1.82, 2.24) is 36.5 Å². The number of rotatable bonds is 19. The number of carbonyl (C=O) groups is 7. The van der Waals surface area contributed by atoms with Gasteiger partial charge in [0.25, 0.3) is 0 Å². The average Bonchev–Trinajstić information content (AvgIpc) is 3.85. The largest absolute Gasteiger partial charge is 0.508 e. The number of aliphatic hydroxyl groups excluding tert-OH is 1. The van der Waals surface area contributed by atoms with Gasteiger partial charge in [0.15, 0.2) is 6.04 Å². The Morgan fingerprint density at radius 2 is 1.33 bits per heavy atom. The zero-order valence-corrected chi connectivity index (χ0v) is 34.7. The number of hydrogen-bond acceptors (Lipinski definition) is 10. The van der Waals surface area contributed by atoms with E-state index in [4.69, 9.17) is 5.73 Å². The van der Waals surface area contributed by atoms with Gasteiger partial charge in [-0.2, -0.15) is 0 Å². The van der Waals surface area contributed by atoms with Crippen molar-refractivity contribution in [2.45, 2.75) is 116 Å². The number of para-hydroxylation sites is 1. The summed E-state index contributed by atoms with van der Waals surface area (Å²) in [5, 5.41) is 43.6. The topological polar surface area (TPSA) is 285 Å². The number of nitrogens with zero attached hydrogens (tertiary/aromatic N) is 1. The van der Waals surface area contributed by atoms with Gasteiger partial charge in [-0.1, -0.05) is 58.0 Å². The predicted octanol–water partition coefficient (Wildman–Crippen LogP) is 0.198. The first-order valence-electron chi connectivity index (χ1n) is 20.1. The molecule has 18 heteroatoms. The predicted molar refractivity (Wildman–Crippen MR) is 221 cm³/mol. The highest BCUT2D eigenvalue weighted by Gasteiger charge is 2.41. The Morgan fingerprint density at radius 1 is 0.750 bits per heavy atom. The highest BCUT2D eigenvalue weighted by molar-refractivity contribution is 5.98. The maximum atomic E-state index is 14.5. The number of carboxylic acid groups (broad SMARTS) is 1. The zero-order chi connectivity index (χ0) is 44.4. The molecule has 0 spiro atoms. The molecule has 18 nitrogen and oxygen atoms in total. The normalized spacial score (nSPS) is 17.5. The summed E-state index contributed by atoms with van der Waals surface area (Å²) in [6, 6.07) is 4.90. The Morgan fingerprint density at radius 3 is 1.92 bits per heavy atom. The highest BCUT2D eigenvalue weighted by Crippen LogP contribution is 2.23. The Labute approximate surface area is 348 Å². The summed E-state index contributed by atoms with van der Waals surface area (Å²) >= 11 is 0. The maximum absolute atomic E-state index is 14.5. The van der Waals surface area contributed by atoms with E-state index < -0.39 is 95.7 Å². The van der Waals surface area contributed by atoms with Crippen LogP contribution in [0.3, 0.4) is 0 Å². The Bertz CT molecular complexity index is 2010. The number of aromatic amines is 1. The molecular formula is C42H58N8O10. The van der Waals surface area contributed by atoms with Crippen LogP contribution in [-0.4, -0.2) is 122 Å². The van der Waals surface area contributed by atoms with Gasteiger partial charge in [0.2, 0.25) is 35.4 Å². The van der Waals surface area contributed by atoms with Crippen LogP contribution in [0.15, 0.2) is 54.7 Å². The van der Waals surface area contributed by atoms with Crippen LogP contribution in [0.4, 0.5) is 0 Å². The second-order valence-electron chi connectivity index (χ2n) is 16.1. The van der Waals surface area contributed by atoms with E-state index in [2.05, 4.69) is 31.6 Å². The minimum atomic E-state index is -1.67. The Kier molecular flexibility index (Phi) is 16.2. The van der Waals surface area contributed by atoms with Crippen LogP contribution in [0, 0.1) is 11.8 Å². The summed E-state index contributed by atoms with van der Waals surface area (Å²) in [6.45, 7) is 9.68. The molecule has 1 fully saturated rings. The average molecular weight is 835 g/mol. The van der Waals surface area contributed by atoms with Crippen molar-refractivity contribution in [2.24, 2.45) is 17.6 Å². The van der Waals surface area contributed by atoms with Crippen LogP contribution in [-0.2, 0) is 46.4 Å². The van der Waals surface area contributed by atoms with Crippen LogP contribution in [0.1, 0.15) is 65.5 Å². The first-order chi connectivity index (χ1) is 28.3. The summed E-state index contributed by atoms with van der Waals surface area (Å²) in [7, 11) is 0. The van der Waals surface area contributed by atoms with Crippen molar-refractivity contribution in [1.29, 1.82) is 0 Å². The third-order valence-corrected chi connectivity index (χ3v) is 10.5. The molecule has 4 rings (SSSR count). The summed E-state index contributed by atoms with van der Waals surface area (Å²) in [5.41, 5.74) is 7.69. The molecule has 8 atom stereocenters. The molecule has 1 saturated heterocycles. The number of nitrogens with two attached hydrogens (primary N) is 1. The van der Waals surface area contributed by atoms with E-state index in [1.54, 1.807) is 52.1 Å². The number of aromatic nitrogens is 1. The molecule has 0 saturated carbocycles. The molecule has 326 valence electrons. The Hall–Kier alpha value is -6.01. The number of fused-ring (bicyclic) bond motifs is 1. The second kappa shape index (κ2) is 20.8. The number of likely N-dealkylation sites (tertiary alicyclic amines) is 1. The SMILES string of the molecule is CC(C)[C@H](NC(=O)[C@H](C)N)C(=O)N[C@H](C(=O)N[C@@H](Cc1ccc(O)cc1)C(=O)N1CCC[C@H]1C(=O)N[C@@H](Cc1c[nH]c2ccccc12)C(=O)N[C@H](C(=O)O)[C@@H](C)O)C(C)C. The van der Waals surface area contributed by atoms with E-state index in [1.165, 1.54) is 30.9 Å². The van der Waals surface area contributed by atoms with Gasteiger partial charge >= 0.3 is 5.97 Å². The Balaban J connectivity index is 1.61. The quantitative estimate of drug-likeness (QED) is 0.0779. The number of nitrogens with one attached hydrogen (secondary N) is 6. The van der Waals surface area contributed by atoms with Gasteiger partial charge in [-0.15, -0.1) is 0 Å². The molecule has 1 aliphatic heterocycles. The molecule has 60 heavy (non-hydrogen) atoms. The fraction of sp³-hybridized carbons (Fsp3) is 0.500. The summed E-state index contributed by atoms with van der Waals surface area (Å²) in [5.74, 6) is -6.39. The molecular weight excluding hydrogens is 777 g/mol. The molecule has 2 aromatic carbocycles. The number of phenols is 1. The van der Waals surface area contributed by atoms with E-state index >= 15 is 0 Å². The highest BCUT2D eigenvalue weighted by atomic mass is 16.4. The number of aromatic hydroxyl groups is 1. The van der Waals surface area contributed by atoms with Gasteiger partial charge in [0, 0.05) is 36.5 Å². The molecule has 1 aliphatic rings. The van der Waals surface area contributed by atoms with Gasteiger partial charge < -0.3 is 57.5 Å². The van der Waals surface area contributed by atoms with E-state index in [0.717, 1.165) is 10.9 Å². The third kappa shape index (κ3) is 12.0. The molecule has 11 N–H and O–H groups in total. The molecule has 0 bridgehead atoms. The number of benzene rings is 2. The molecule has 1 aromatic heterocycles. The van der Waals surface area contributed by atoms with Gasteiger partial charge in [-0.25, -0.2) is 4.79 Å². The van der Waals surface area contributed by atoms with Crippen molar-refractivity contribution in [3.8, 4) is 5.75 Å². The lowest BCUT2D eigenvalue weighted by molar-refractivity contribution is -0.145. The number of aliphatic carboxylic acids is 1. The number of phenolic OH excluding ortho intramolecular Hbond substituents is 1. The summed E-state index contributed by atoms with van der Waals surface area (Å²) < 4.78 is 0. The van der Waals surface area contributed by atoms with Gasteiger partial charge in [-0.05, 0) is 67.9 Å². The first-order valence-corrected chi connectivity index (χ1v) is 20.1. The molecule has 0 aliphatic carbocycles. The van der Waals surface area contributed by atoms with Crippen LogP contribution in [0.25, 0.3) is 10.9 Å². The zero-order valence-electron chi connectivity index (χ0n) is 34.7. The fourth-order valence-corrected chi connectivity index (χ4v) is 7.07. The second-order valence-corrected chi connectivity index (χ2v) is 16.1. The minimum Gasteiger partial charge on any atom is -0.508 e. The molecule has 0 radical (unpaired) electrons. The van der Waals surface area contributed by atoms with E-state index in [9.17, 15) is 48.9 Å². The minimum absolute atomic E-state index is 0.0188. The number of carbonyl (C=O) groups excluding carboxylic acids is 6. The smallest absolute Gasteiger partial charge is 0.328 e. The monoisotopic (exact) mass is 834 g/mol. The van der Waals surface area contributed by atoms with Gasteiger partial charge in [0.1, 0.15) is 36.0 Å². The maximum Gasteiger partial charge on any atom is 0.328 e. The fourth-order valence-electron chi connectivity index (χ4n) is 7.07. The van der Waals surface area contributed by atoms with Crippen LogP contribution in [0.2, 0.25) is 0 Å². The van der Waals surface area contributed by atoms with Crippen molar-refractivity contribution in [3.05, 3.63) is 65.9 Å². The van der Waals surface area contributed by atoms with Gasteiger partial charge in [-0.3, -0.25) is 28.8 Å². The number of carboxylic acids is 1. The third-order valence-electron chi connectivity index (χ3n) is 10.5. The molecule has 6 amide bonds. The van der Waals surface area contributed by atoms with Crippen molar-refractivity contribution in [2.75, 3.05) is 6.54 Å². The standard InChI is InChI=1S/C42H58N8O10/c1-21(2)33(48-40(57)34(22(3)4)47-36(53)23(5)43)39(56)46-31(18-25-13-15-27(52)16-14-25)41(58)50-17-9-12-32(50)38(55)45-30(37(54)49-35(24(6)51)42(59)60)19-26-20-44-29-11-8-7-10-28(26)29/h7-8,10-11,13-16,20-24,30-35,44,51-52H,9,12,17-19,43H2,1-6H3,(H,45,55)(H,46,56)(H,47,53)(H,48,57)(H,49,54)(H,59,60)/t23-,24+,30-,31-,32-,33-,34-,35-/m0/s1. The number of hydrogen-bond donors (Lipinski definition) is 10. The summed E-state index contributed by atoms with van der Waals surface area (Å²) in [4.78, 5) is 98.7. The van der Waals surface area contributed by atoms with Gasteiger partial charge in [0.05, 0.1) is 12.1 Å². The molecule has 2 heterocycles. The molecule has 0 unspecified atom stereocenters. The van der Waals surface area contributed by atoms with Crippen molar-refractivity contribution < 1.29 is 48.9 Å². The lowest BCUT2D eigenvalue weighted by atomic mass is 9.98. The van der Waals surface area contributed by atoms with Crippen molar-refractivity contribution in [3.63, 3.8) is 0 Å². The number of aliphatic hydroxyl groups is 1. The summed E-state index contributed by atoms with van der Waals surface area (Å²) in [6.07, 6.45) is 0.701. The molecule has 3 aromatic rings. The first kappa shape index (κ1) is 46.7.